The number of piperidine rings is 1. The lowest BCUT2D eigenvalue weighted by Gasteiger charge is -2.31. The van der Waals surface area contributed by atoms with Crippen molar-refractivity contribution in [3.05, 3.63) is 0 Å². The van der Waals surface area contributed by atoms with Gasteiger partial charge in [-0.15, -0.1) is 0 Å². The van der Waals surface area contributed by atoms with Gasteiger partial charge in [0.2, 0.25) is 0 Å². The number of carboxylic acids is 1. The number of hydrogen-bond acceptors (Lipinski definition) is 3. The van der Waals surface area contributed by atoms with Crippen molar-refractivity contribution >= 4 is 12.0 Å². The van der Waals surface area contributed by atoms with E-state index in [0.29, 0.717) is 26.1 Å². The summed E-state index contributed by atoms with van der Waals surface area (Å²) in [5.41, 5.74) is 0. The predicted octanol–water partition coefficient (Wildman–Crippen LogP) is 0.672. The second-order valence-electron chi connectivity index (χ2n) is 4.94. The van der Waals surface area contributed by atoms with Crippen molar-refractivity contribution in [2.45, 2.75) is 31.8 Å². The van der Waals surface area contributed by atoms with Crippen LogP contribution in [-0.4, -0.2) is 54.4 Å². The standard InChI is InChI=1S/C12H20N2O4/c15-11(16)9-3-1-5-14(8-9)12(17)13-7-10-4-2-6-18-10/h9-10H,1-8H2,(H,13,17)(H,15,16). The highest BCUT2D eigenvalue weighted by molar-refractivity contribution is 5.76. The van der Waals surface area contributed by atoms with Crippen LogP contribution in [0.4, 0.5) is 4.79 Å². The summed E-state index contributed by atoms with van der Waals surface area (Å²) in [7, 11) is 0. The lowest BCUT2D eigenvalue weighted by Crippen LogP contribution is -2.48. The first-order valence-corrected chi connectivity index (χ1v) is 6.54. The van der Waals surface area contributed by atoms with E-state index in [1.165, 1.54) is 0 Å². The molecule has 0 saturated carbocycles. The summed E-state index contributed by atoms with van der Waals surface area (Å²) in [6, 6.07) is -0.170. The van der Waals surface area contributed by atoms with Gasteiger partial charge < -0.3 is 20.1 Å². The van der Waals surface area contributed by atoms with Crippen LogP contribution in [-0.2, 0) is 9.53 Å². The minimum atomic E-state index is -0.813. The van der Waals surface area contributed by atoms with Crippen molar-refractivity contribution in [3.63, 3.8) is 0 Å². The van der Waals surface area contributed by atoms with Crippen molar-refractivity contribution in [1.29, 1.82) is 0 Å². The third-order valence-electron chi connectivity index (χ3n) is 3.56. The molecule has 6 heteroatoms. The fraction of sp³-hybridized carbons (Fsp3) is 0.833. The number of amides is 2. The minimum Gasteiger partial charge on any atom is -0.481 e. The van der Waals surface area contributed by atoms with E-state index in [-0.39, 0.29) is 12.1 Å². The molecule has 0 aliphatic carbocycles. The molecule has 2 unspecified atom stereocenters. The molecule has 6 nitrogen and oxygen atoms in total. The van der Waals surface area contributed by atoms with E-state index in [1.807, 2.05) is 0 Å². The Hall–Kier alpha value is -1.30. The largest absolute Gasteiger partial charge is 0.481 e. The highest BCUT2D eigenvalue weighted by atomic mass is 16.5. The number of aliphatic carboxylic acids is 1. The van der Waals surface area contributed by atoms with Crippen LogP contribution >= 0.6 is 0 Å². The Labute approximate surface area is 106 Å². The number of hydrogen-bond donors (Lipinski definition) is 2. The fourth-order valence-corrected chi connectivity index (χ4v) is 2.48. The molecule has 2 fully saturated rings. The maximum Gasteiger partial charge on any atom is 0.317 e. The summed E-state index contributed by atoms with van der Waals surface area (Å²) in [5, 5.41) is 11.8. The molecule has 18 heavy (non-hydrogen) atoms. The van der Waals surface area contributed by atoms with Gasteiger partial charge in [0.15, 0.2) is 0 Å². The lowest BCUT2D eigenvalue weighted by atomic mass is 9.99. The number of ether oxygens (including phenoxy) is 1. The SMILES string of the molecule is O=C(O)C1CCCN(C(=O)NCC2CCCO2)C1. The van der Waals surface area contributed by atoms with Gasteiger partial charge in [-0.25, -0.2) is 4.79 Å². The Bertz CT molecular complexity index is 315. The number of carboxylic acid groups (broad SMARTS) is 1. The summed E-state index contributed by atoms with van der Waals surface area (Å²) < 4.78 is 5.42. The maximum atomic E-state index is 11.9. The number of nitrogens with one attached hydrogen (secondary N) is 1. The van der Waals surface area contributed by atoms with Crippen LogP contribution in [0.15, 0.2) is 0 Å². The monoisotopic (exact) mass is 256 g/mol. The van der Waals surface area contributed by atoms with Gasteiger partial charge >= 0.3 is 12.0 Å². The van der Waals surface area contributed by atoms with Gasteiger partial charge in [0, 0.05) is 26.2 Å². The smallest absolute Gasteiger partial charge is 0.317 e. The maximum absolute atomic E-state index is 11.9. The van der Waals surface area contributed by atoms with E-state index in [9.17, 15) is 9.59 Å². The number of urea groups is 1. The first-order valence-electron chi connectivity index (χ1n) is 6.54. The van der Waals surface area contributed by atoms with Crippen molar-refractivity contribution in [2.75, 3.05) is 26.2 Å². The Kier molecular flexibility index (Phi) is 4.41. The van der Waals surface area contributed by atoms with Crippen LogP contribution in [0, 0.1) is 5.92 Å². The number of carbonyl (C=O) groups excluding carboxylic acids is 1. The summed E-state index contributed by atoms with van der Waals surface area (Å²) in [4.78, 5) is 24.4. The van der Waals surface area contributed by atoms with Gasteiger partial charge in [-0.05, 0) is 25.7 Å². The van der Waals surface area contributed by atoms with Crippen molar-refractivity contribution in [2.24, 2.45) is 5.92 Å². The Morgan fingerprint density at radius 3 is 2.83 bits per heavy atom. The molecule has 0 radical (unpaired) electrons. The molecule has 2 aliphatic rings. The van der Waals surface area contributed by atoms with Gasteiger partial charge in [0.05, 0.1) is 12.0 Å². The third-order valence-corrected chi connectivity index (χ3v) is 3.56. The van der Waals surface area contributed by atoms with E-state index in [1.54, 1.807) is 4.90 Å². The van der Waals surface area contributed by atoms with E-state index in [2.05, 4.69) is 5.32 Å². The highest BCUT2D eigenvalue weighted by Gasteiger charge is 2.28. The van der Waals surface area contributed by atoms with E-state index in [0.717, 1.165) is 25.9 Å². The summed E-state index contributed by atoms with van der Waals surface area (Å²) >= 11 is 0. The van der Waals surface area contributed by atoms with Crippen LogP contribution in [0.25, 0.3) is 0 Å². The predicted molar refractivity (Wildman–Crippen MR) is 64.3 cm³/mol. The quantitative estimate of drug-likeness (QED) is 0.778. The number of nitrogens with zero attached hydrogens (tertiary/aromatic N) is 1. The molecule has 2 aliphatic heterocycles. The lowest BCUT2D eigenvalue weighted by molar-refractivity contribution is -0.143. The average molecular weight is 256 g/mol. The molecule has 0 aromatic carbocycles. The van der Waals surface area contributed by atoms with Gasteiger partial charge in [-0.1, -0.05) is 0 Å². The van der Waals surface area contributed by atoms with Crippen LogP contribution < -0.4 is 5.32 Å². The molecule has 0 spiro atoms. The molecule has 2 heterocycles. The van der Waals surface area contributed by atoms with Gasteiger partial charge in [-0.2, -0.15) is 0 Å². The van der Waals surface area contributed by atoms with Gasteiger partial charge in [-0.3, -0.25) is 4.79 Å². The second kappa shape index (κ2) is 6.04. The highest BCUT2D eigenvalue weighted by Crippen LogP contribution is 2.17. The molecule has 102 valence electrons. The molecule has 2 N–H and O–H groups in total. The first-order chi connectivity index (χ1) is 8.66. The molecule has 2 rings (SSSR count). The van der Waals surface area contributed by atoms with Crippen LogP contribution in [0.2, 0.25) is 0 Å². The molecule has 0 bridgehead atoms. The molecule has 2 saturated heterocycles. The third kappa shape index (κ3) is 3.35. The number of rotatable bonds is 3. The Morgan fingerprint density at radius 2 is 2.17 bits per heavy atom. The summed E-state index contributed by atoms with van der Waals surface area (Å²) in [5.74, 6) is -1.24. The number of carbonyl (C=O) groups is 2. The Morgan fingerprint density at radius 1 is 1.33 bits per heavy atom. The van der Waals surface area contributed by atoms with Crippen LogP contribution in [0.5, 0.6) is 0 Å². The van der Waals surface area contributed by atoms with Crippen LogP contribution in [0.3, 0.4) is 0 Å². The van der Waals surface area contributed by atoms with Gasteiger partial charge in [0.25, 0.3) is 0 Å². The van der Waals surface area contributed by atoms with Crippen LogP contribution in [0.1, 0.15) is 25.7 Å². The van der Waals surface area contributed by atoms with Gasteiger partial charge in [0.1, 0.15) is 0 Å². The summed E-state index contributed by atoms with van der Waals surface area (Å²) in [6.07, 6.45) is 3.56. The zero-order chi connectivity index (χ0) is 13.0. The minimum absolute atomic E-state index is 0.119. The zero-order valence-electron chi connectivity index (χ0n) is 10.4. The summed E-state index contributed by atoms with van der Waals surface area (Å²) in [6.45, 7) is 2.24. The number of likely N-dealkylation sites (tertiary alicyclic amines) is 1. The Balaban J connectivity index is 1.75. The molecule has 2 atom stereocenters. The molecular formula is C12H20N2O4. The second-order valence-corrected chi connectivity index (χ2v) is 4.94. The molecule has 2 amide bonds. The fourth-order valence-electron chi connectivity index (χ4n) is 2.48. The van der Waals surface area contributed by atoms with E-state index in [4.69, 9.17) is 9.84 Å². The van der Waals surface area contributed by atoms with Crippen molar-refractivity contribution < 1.29 is 19.4 Å². The molecular weight excluding hydrogens is 236 g/mol. The first kappa shape index (κ1) is 13.1. The molecule has 0 aromatic rings. The normalized spacial score (nSPS) is 28.1. The van der Waals surface area contributed by atoms with E-state index >= 15 is 0 Å². The van der Waals surface area contributed by atoms with Crippen molar-refractivity contribution in [3.8, 4) is 0 Å². The van der Waals surface area contributed by atoms with Crippen molar-refractivity contribution in [1.82, 2.24) is 10.2 Å². The molecule has 0 aromatic heterocycles. The van der Waals surface area contributed by atoms with E-state index < -0.39 is 11.9 Å². The topological polar surface area (TPSA) is 78.9 Å². The zero-order valence-corrected chi connectivity index (χ0v) is 10.4. The average Bonchev–Trinajstić information content (AvgIpc) is 2.89.